The average Bonchev–Trinajstić information content (AvgIpc) is 2.31. The lowest BCUT2D eigenvalue weighted by atomic mass is 10.1. The predicted octanol–water partition coefficient (Wildman–Crippen LogP) is 4.63. The van der Waals surface area contributed by atoms with Crippen molar-refractivity contribution in [2.24, 2.45) is 11.8 Å². The quantitative estimate of drug-likeness (QED) is 0.845. The zero-order valence-electron chi connectivity index (χ0n) is 12.4. The Morgan fingerprint density at radius 1 is 1.25 bits per heavy atom. The van der Waals surface area contributed by atoms with Crippen LogP contribution in [0.1, 0.15) is 27.7 Å². The predicted molar refractivity (Wildman–Crippen MR) is 81.7 cm³/mol. The molecule has 0 aliphatic rings. The fourth-order valence-corrected chi connectivity index (χ4v) is 2.14. The minimum Gasteiger partial charge on any atom is -0.324 e. The molecule has 0 heterocycles. The van der Waals surface area contributed by atoms with Crippen molar-refractivity contribution < 1.29 is 9.18 Å². The standard InChI is InChI=1S/C15H22ClFN2O/c1-10(2)8-19(9-11(3)4)15(20)18-14-12(16)6-5-7-13(14)17/h5-7,10-11H,8-9H2,1-4H3,(H,18,20). The summed E-state index contributed by atoms with van der Waals surface area (Å²) >= 11 is 5.92. The van der Waals surface area contributed by atoms with Crippen molar-refractivity contribution in [1.82, 2.24) is 4.90 Å². The van der Waals surface area contributed by atoms with Gasteiger partial charge in [0.05, 0.1) is 10.7 Å². The maximum atomic E-state index is 13.7. The van der Waals surface area contributed by atoms with Crippen molar-refractivity contribution in [2.75, 3.05) is 18.4 Å². The summed E-state index contributed by atoms with van der Waals surface area (Å²) < 4.78 is 13.7. The molecule has 20 heavy (non-hydrogen) atoms. The second kappa shape index (κ2) is 7.48. The molecule has 0 unspecified atom stereocenters. The SMILES string of the molecule is CC(C)CN(CC(C)C)C(=O)Nc1c(F)cccc1Cl. The Kier molecular flexibility index (Phi) is 6.27. The maximum absolute atomic E-state index is 13.7. The van der Waals surface area contributed by atoms with E-state index in [1.54, 1.807) is 11.0 Å². The molecule has 0 saturated heterocycles. The van der Waals surface area contributed by atoms with E-state index < -0.39 is 5.82 Å². The summed E-state index contributed by atoms with van der Waals surface area (Å²) in [6.07, 6.45) is 0. The number of amides is 2. The Morgan fingerprint density at radius 2 is 1.80 bits per heavy atom. The first-order chi connectivity index (χ1) is 9.31. The van der Waals surface area contributed by atoms with Gasteiger partial charge in [-0.3, -0.25) is 0 Å². The third-order valence-corrected chi connectivity index (χ3v) is 2.97. The lowest BCUT2D eigenvalue weighted by Gasteiger charge is -2.26. The van der Waals surface area contributed by atoms with E-state index in [1.807, 2.05) is 27.7 Å². The highest BCUT2D eigenvalue weighted by molar-refractivity contribution is 6.33. The molecule has 0 fully saturated rings. The molecule has 5 heteroatoms. The van der Waals surface area contributed by atoms with Crippen molar-refractivity contribution >= 4 is 23.3 Å². The molecule has 1 N–H and O–H groups in total. The Labute approximate surface area is 125 Å². The number of benzene rings is 1. The zero-order chi connectivity index (χ0) is 15.3. The van der Waals surface area contributed by atoms with Crippen LogP contribution in [0.4, 0.5) is 14.9 Å². The van der Waals surface area contributed by atoms with Crippen LogP contribution in [0.15, 0.2) is 18.2 Å². The highest BCUT2D eigenvalue weighted by Crippen LogP contribution is 2.25. The molecule has 0 spiro atoms. The lowest BCUT2D eigenvalue weighted by Crippen LogP contribution is -2.40. The van der Waals surface area contributed by atoms with E-state index in [4.69, 9.17) is 11.6 Å². The van der Waals surface area contributed by atoms with Crippen molar-refractivity contribution in [3.63, 3.8) is 0 Å². The van der Waals surface area contributed by atoms with Crippen LogP contribution in [-0.2, 0) is 0 Å². The van der Waals surface area contributed by atoms with Gasteiger partial charge in [0, 0.05) is 13.1 Å². The van der Waals surface area contributed by atoms with E-state index in [-0.39, 0.29) is 16.7 Å². The largest absolute Gasteiger partial charge is 0.324 e. The molecular formula is C15H22ClFN2O. The molecule has 0 bridgehead atoms. The van der Waals surface area contributed by atoms with Gasteiger partial charge in [0.2, 0.25) is 0 Å². The Morgan fingerprint density at radius 3 is 2.25 bits per heavy atom. The Bertz CT molecular complexity index is 433. The van der Waals surface area contributed by atoms with Crippen LogP contribution in [0.25, 0.3) is 0 Å². The van der Waals surface area contributed by atoms with E-state index >= 15 is 0 Å². The maximum Gasteiger partial charge on any atom is 0.321 e. The van der Waals surface area contributed by atoms with Crippen molar-refractivity contribution in [3.8, 4) is 0 Å². The molecule has 112 valence electrons. The van der Waals surface area contributed by atoms with Gasteiger partial charge in [0.1, 0.15) is 5.82 Å². The molecule has 1 rings (SSSR count). The lowest BCUT2D eigenvalue weighted by molar-refractivity contribution is 0.196. The van der Waals surface area contributed by atoms with Crippen LogP contribution in [-0.4, -0.2) is 24.0 Å². The summed E-state index contributed by atoms with van der Waals surface area (Å²) in [5.41, 5.74) is 0.0386. The number of para-hydroxylation sites is 1. The highest BCUT2D eigenvalue weighted by Gasteiger charge is 2.18. The fourth-order valence-electron chi connectivity index (χ4n) is 1.93. The van der Waals surface area contributed by atoms with Gasteiger partial charge in [-0.05, 0) is 24.0 Å². The molecule has 0 aliphatic carbocycles. The summed E-state index contributed by atoms with van der Waals surface area (Å²) in [5, 5.41) is 2.77. The van der Waals surface area contributed by atoms with Gasteiger partial charge in [0.15, 0.2) is 0 Å². The summed E-state index contributed by atoms with van der Waals surface area (Å²) in [6.45, 7) is 9.40. The number of anilines is 1. The zero-order valence-corrected chi connectivity index (χ0v) is 13.2. The summed E-state index contributed by atoms with van der Waals surface area (Å²) in [7, 11) is 0. The van der Waals surface area contributed by atoms with Gasteiger partial charge < -0.3 is 10.2 Å². The number of carbonyl (C=O) groups excluding carboxylic acids is 1. The number of halogens is 2. The molecule has 1 aromatic carbocycles. The number of rotatable bonds is 5. The van der Waals surface area contributed by atoms with E-state index in [2.05, 4.69) is 5.32 Å². The molecule has 0 atom stereocenters. The van der Waals surface area contributed by atoms with Gasteiger partial charge >= 0.3 is 6.03 Å². The number of carbonyl (C=O) groups is 1. The van der Waals surface area contributed by atoms with Gasteiger partial charge in [-0.25, -0.2) is 9.18 Å². The second-order valence-corrected chi connectivity index (χ2v) is 6.13. The summed E-state index contributed by atoms with van der Waals surface area (Å²) in [4.78, 5) is 14.0. The monoisotopic (exact) mass is 300 g/mol. The van der Waals surface area contributed by atoms with Crippen LogP contribution >= 0.6 is 11.6 Å². The van der Waals surface area contributed by atoms with Crippen molar-refractivity contribution in [2.45, 2.75) is 27.7 Å². The topological polar surface area (TPSA) is 32.3 Å². The van der Waals surface area contributed by atoms with Crippen LogP contribution in [0.5, 0.6) is 0 Å². The van der Waals surface area contributed by atoms with Gasteiger partial charge in [0.25, 0.3) is 0 Å². The number of nitrogens with zero attached hydrogens (tertiary/aromatic N) is 1. The van der Waals surface area contributed by atoms with Crippen LogP contribution in [0.3, 0.4) is 0 Å². The molecule has 1 aromatic rings. The molecule has 0 radical (unpaired) electrons. The number of urea groups is 1. The molecule has 2 amide bonds. The van der Waals surface area contributed by atoms with Gasteiger partial charge in [-0.1, -0.05) is 45.4 Å². The third-order valence-electron chi connectivity index (χ3n) is 2.65. The average molecular weight is 301 g/mol. The second-order valence-electron chi connectivity index (χ2n) is 5.72. The van der Waals surface area contributed by atoms with E-state index in [9.17, 15) is 9.18 Å². The van der Waals surface area contributed by atoms with Gasteiger partial charge in [-0.2, -0.15) is 0 Å². The van der Waals surface area contributed by atoms with Crippen molar-refractivity contribution in [1.29, 1.82) is 0 Å². The summed E-state index contributed by atoms with van der Waals surface area (Å²) in [5.74, 6) is 0.158. The molecular weight excluding hydrogens is 279 g/mol. The van der Waals surface area contributed by atoms with E-state index in [0.29, 0.717) is 24.9 Å². The number of hydrogen-bond acceptors (Lipinski definition) is 1. The van der Waals surface area contributed by atoms with Crippen molar-refractivity contribution in [3.05, 3.63) is 29.0 Å². The summed E-state index contributed by atoms with van der Waals surface area (Å²) in [6, 6.07) is 4.01. The third kappa shape index (κ3) is 5.00. The Balaban J connectivity index is 2.84. The highest BCUT2D eigenvalue weighted by atomic mass is 35.5. The molecule has 0 aliphatic heterocycles. The first-order valence-electron chi connectivity index (χ1n) is 6.81. The molecule has 0 saturated carbocycles. The first kappa shape index (κ1) is 16.8. The normalized spacial score (nSPS) is 11.0. The number of hydrogen-bond donors (Lipinski definition) is 1. The number of nitrogens with one attached hydrogen (secondary N) is 1. The van der Waals surface area contributed by atoms with Gasteiger partial charge in [-0.15, -0.1) is 0 Å². The van der Waals surface area contributed by atoms with Crippen LogP contribution < -0.4 is 5.32 Å². The minimum absolute atomic E-state index is 0.0386. The van der Waals surface area contributed by atoms with Crippen LogP contribution in [0, 0.1) is 17.7 Å². The van der Waals surface area contributed by atoms with E-state index in [1.165, 1.54) is 12.1 Å². The first-order valence-corrected chi connectivity index (χ1v) is 7.19. The van der Waals surface area contributed by atoms with E-state index in [0.717, 1.165) is 0 Å². The molecule has 0 aromatic heterocycles. The smallest absolute Gasteiger partial charge is 0.321 e. The minimum atomic E-state index is -0.528. The van der Waals surface area contributed by atoms with Crippen LogP contribution in [0.2, 0.25) is 5.02 Å². The Hall–Kier alpha value is -1.29. The fraction of sp³-hybridized carbons (Fsp3) is 0.533. The molecule has 3 nitrogen and oxygen atoms in total.